The van der Waals surface area contributed by atoms with Gasteiger partial charge >= 0.3 is 6.18 Å². The predicted molar refractivity (Wildman–Crippen MR) is 113 cm³/mol. The van der Waals surface area contributed by atoms with E-state index in [9.17, 15) is 23.1 Å². The van der Waals surface area contributed by atoms with Gasteiger partial charge in [0.15, 0.2) is 5.76 Å². The number of hydrogen-bond donors (Lipinski definition) is 2. The summed E-state index contributed by atoms with van der Waals surface area (Å²) in [6, 6.07) is 6.65. The molecule has 2 fully saturated rings. The molecule has 3 heterocycles. The lowest BCUT2D eigenvalue weighted by Gasteiger charge is -2.26. The molecule has 2 saturated heterocycles. The predicted octanol–water partition coefficient (Wildman–Crippen LogP) is 4.80. The molecule has 1 aromatic carbocycles. The van der Waals surface area contributed by atoms with Gasteiger partial charge in [0.1, 0.15) is 5.76 Å². The highest BCUT2D eigenvalue weighted by Gasteiger charge is 2.32. The average Bonchev–Trinajstić information content (AvgIpc) is 3.17. The van der Waals surface area contributed by atoms with Gasteiger partial charge in [-0.05, 0) is 62.4 Å². The van der Waals surface area contributed by atoms with Gasteiger partial charge in [-0.2, -0.15) is 13.2 Å². The number of nitrogens with one attached hydrogen (secondary N) is 1. The molecular weight excluding hydrogens is 425 g/mol. The highest BCUT2D eigenvalue weighted by Crippen LogP contribution is 2.37. The van der Waals surface area contributed by atoms with Crippen LogP contribution in [0, 0.1) is 0 Å². The molecule has 1 amide bonds. The van der Waals surface area contributed by atoms with Crippen molar-refractivity contribution in [3.05, 3.63) is 47.4 Å². The third kappa shape index (κ3) is 5.27. The number of rotatable bonds is 4. The summed E-state index contributed by atoms with van der Waals surface area (Å²) in [7, 11) is 0. The summed E-state index contributed by atoms with van der Waals surface area (Å²) in [6.07, 6.45) is -1.50. The first-order chi connectivity index (χ1) is 15.3. The standard InChI is InChI=1S/C23H27F3N2O4/c24-23(25,26)16-3-4-19(28-10-1-2-17(29)7-11-28)18(14-16)27-22(30)21-6-5-20(32-21)15-8-12-31-13-9-15/h3-6,14-15,17,29H,1-2,7-13H2,(H,27,30). The molecule has 2 aliphatic rings. The lowest BCUT2D eigenvalue weighted by Crippen LogP contribution is -2.26. The maximum atomic E-state index is 13.3. The first-order valence-electron chi connectivity index (χ1n) is 10.9. The first kappa shape index (κ1) is 22.7. The Hall–Kier alpha value is -2.52. The van der Waals surface area contributed by atoms with Gasteiger partial charge in [-0.1, -0.05) is 0 Å². The van der Waals surface area contributed by atoms with Crippen molar-refractivity contribution in [2.24, 2.45) is 0 Å². The topological polar surface area (TPSA) is 74.9 Å². The molecule has 0 aliphatic carbocycles. The second-order valence-corrected chi connectivity index (χ2v) is 8.34. The molecule has 2 aliphatic heterocycles. The Balaban J connectivity index is 1.58. The smallest absolute Gasteiger partial charge is 0.416 e. The van der Waals surface area contributed by atoms with Crippen LogP contribution in [0.3, 0.4) is 0 Å². The Bertz CT molecular complexity index is 938. The lowest BCUT2D eigenvalue weighted by atomic mass is 9.98. The second-order valence-electron chi connectivity index (χ2n) is 8.34. The molecule has 9 heteroatoms. The molecular formula is C23H27F3N2O4. The molecule has 2 aromatic rings. The molecule has 0 saturated carbocycles. The number of ether oxygens (including phenoxy) is 1. The summed E-state index contributed by atoms with van der Waals surface area (Å²) < 4.78 is 51.1. The quantitative estimate of drug-likeness (QED) is 0.697. The molecule has 0 spiro atoms. The molecule has 0 radical (unpaired) electrons. The summed E-state index contributed by atoms with van der Waals surface area (Å²) >= 11 is 0. The Morgan fingerprint density at radius 2 is 1.84 bits per heavy atom. The van der Waals surface area contributed by atoms with Crippen molar-refractivity contribution in [2.75, 3.05) is 36.5 Å². The zero-order chi connectivity index (χ0) is 22.7. The van der Waals surface area contributed by atoms with Gasteiger partial charge in [-0.25, -0.2) is 0 Å². The Morgan fingerprint density at radius 1 is 1.06 bits per heavy atom. The van der Waals surface area contributed by atoms with Gasteiger partial charge in [0.2, 0.25) is 0 Å². The number of benzene rings is 1. The second kappa shape index (κ2) is 9.54. The lowest BCUT2D eigenvalue weighted by molar-refractivity contribution is -0.137. The third-order valence-corrected chi connectivity index (χ3v) is 6.08. The molecule has 1 atom stereocenters. The number of halogens is 3. The molecule has 4 rings (SSSR count). The largest absolute Gasteiger partial charge is 0.456 e. The minimum absolute atomic E-state index is 0.0566. The SMILES string of the molecule is O=C(Nc1cc(C(F)(F)F)ccc1N1CCCC(O)CC1)c1ccc(C2CCOCC2)o1. The van der Waals surface area contributed by atoms with E-state index in [2.05, 4.69) is 5.32 Å². The van der Waals surface area contributed by atoms with Gasteiger partial charge in [-0.3, -0.25) is 4.79 Å². The number of furan rings is 1. The number of aliphatic hydroxyl groups excluding tert-OH is 1. The normalized spacial score (nSPS) is 20.8. The average molecular weight is 452 g/mol. The van der Waals surface area contributed by atoms with Crippen molar-refractivity contribution < 1.29 is 32.2 Å². The number of amides is 1. The van der Waals surface area contributed by atoms with Crippen molar-refractivity contribution in [1.82, 2.24) is 0 Å². The van der Waals surface area contributed by atoms with Crippen molar-refractivity contribution in [3.8, 4) is 0 Å². The van der Waals surface area contributed by atoms with E-state index in [0.717, 1.165) is 25.0 Å². The van der Waals surface area contributed by atoms with E-state index in [1.165, 1.54) is 6.07 Å². The highest BCUT2D eigenvalue weighted by atomic mass is 19.4. The van der Waals surface area contributed by atoms with E-state index in [0.29, 0.717) is 57.0 Å². The third-order valence-electron chi connectivity index (χ3n) is 6.08. The number of anilines is 2. The van der Waals surface area contributed by atoms with Gasteiger partial charge in [0.05, 0.1) is 23.0 Å². The molecule has 6 nitrogen and oxygen atoms in total. The van der Waals surface area contributed by atoms with Crippen molar-refractivity contribution >= 4 is 17.3 Å². The van der Waals surface area contributed by atoms with Gasteiger partial charge in [-0.15, -0.1) is 0 Å². The Kier molecular flexibility index (Phi) is 6.76. The number of aliphatic hydroxyl groups is 1. The minimum atomic E-state index is -4.53. The van der Waals surface area contributed by atoms with Crippen molar-refractivity contribution in [1.29, 1.82) is 0 Å². The van der Waals surface area contributed by atoms with E-state index in [4.69, 9.17) is 9.15 Å². The van der Waals surface area contributed by atoms with Crippen LogP contribution in [-0.4, -0.2) is 43.4 Å². The van der Waals surface area contributed by atoms with Crippen LogP contribution in [-0.2, 0) is 10.9 Å². The Labute approximate surface area is 184 Å². The number of carbonyl (C=O) groups is 1. The molecule has 0 bridgehead atoms. The van der Waals surface area contributed by atoms with E-state index in [-0.39, 0.29) is 17.4 Å². The molecule has 2 N–H and O–H groups in total. The zero-order valence-corrected chi connectivity index (χ0v) is 17.7. The summed E-state index contributed by atoms with van der Waals surface area (Å²) in [4.78, 5) is 14.8. The van der Waals surface area contributed by atoms with Crippen LogP contribution in [0.4, 0.5) is 24.5 Å². The van der Waals surface area contributed by atoms with Gasteiger partial charge in [0.25, 0.3) is 5.91 Å². The molecule has 1 unspecified atom stereocenters. The monoisotopic (exact) mass is 452 g/mol. The van der Waals surface area contributed by atoms with Crippen LogP contribution in [0.5, 0.6) is 0 Å². The van der Waals surface area contributed by atoms with Crippen LogP contribution in [0.2, 0.25) is 0 Å². The van der Waals surface area contributed by atoms with Gasteiger partial charge < -0.3 is 24.5 Å². The van der Waals surface area contributed by atoms with Crippen molar-refractivity contribution in [3.63, 3.8) is 0 Å². The Morgan fingerprint density at radius 3 is 2.59 bits per heavy atom. The molecule has 1 aromatic heterocycles. The van der Waals surface area contributed by atoms with E-state index in [1.807, 2.05) is 4.90 Å². The maximum Gasteiger partial charge on any atom is 0.416 e. The molecule has 32 heavy (non-hydrogen) atoms. The van der Waals surface area contributed by atoms with Crippen LogP contribution in [0.25, 0.3) is 0 Å². The number of carbonyl (C=O) groups excluding carboxylic acids is 1. The summed E-state index contributed by atoms with van der Waals surface area (Å²) in [6.45, 7) is 2.33. The maximum absolute atomic E-state index is 13.3. The minimum Gasteiger partial charge on any atom is -0.456 e. The van der Waals surface area contributed by atoms with Crippen LogP contribution >= 0.6 is 0 Å². The fourth-order valence-electron chi connectivity index (χ4n) is 4.27. The number of nitrogens with zero attached hydrogens (tertiary/aromatic N) is 1. The fourth-order valence-corrected chi connectivity index (χ4v) is 4.27. The van der Waals surface area contributed by atoms with E-state index < -0.39 is 23.8 Å². The zero-order valence-electron chi connectivity index (χ0n) is 17.7. The first-order valence-corrected chi connectivity index (χ1v) is 10.9. The highest BCUT2D eigenvalue weighted by molar-refractivity contribution is 6.04. The fraction of sp³-hybridized carbons (Fsp3) is 0.522. The van der Waals surface area contributed by atoms with E-state index in [1.54, 1.807) is 12.1 Å². The summed E-state index contributed by atoms with van der Waals surface area (Å²) in [5.41, 5.74) is -0.268. The van der Waals surface area contributed by atoms with Crippen molar-refractivity contribution in [2.45, 2.75) is 50.3 Å². The van der Waals surface area contributed by atoms with Crippen LogP contribution in [0.15, 0.2) is 34.7 Å². The van der Waals surface area contributed by atoms with Gasteiger partial charge in [0, 0.05) is 32.2 Å². The van der Waals surface area contributed by atoms with Crippen LogP contribution < -0.4 is 10.2 Å². The van der Waals surface area contributed by atoms with Crippen LogP contribution in [0.1, 0.15) is 59.9 Å². The number of alkyl halides is 3. The van der Waals surface area contributed by atoms with E-state index >= 15 is 0 Å². The summed E-state index contributed by atoms with van der Waals surface area (Å²) in [5.74, 6) is 0.307. The summed E-state index contributed by atoms with van der Waals surface area (Å²) in [5, 5.41) is 12.5. The number of hydrogen-bond acceptors (Lipinski definition) is 5. The molecule has 174 valence electrons.